The molecule has 0 aromatic carbocycles. The number of piperidine rings is 1. The van der Waals surface area contributed by atoms with Gasteiger partial charge in [0.15, 0.2) is 0 Å². The first kappa shape index (κ1) is 9.26. The molecule has 0 spiro atoms. The van der Waals surface area contributed by atoms with Crippen molar-refractivity contribution in [3.05, 3.63) is 18.5 Å². The molecular formula is C9H17N3. The van der Waals surface area contributed by atoms with Gasteiger partial charge in [0.2, 0.25) is 0 Å². The summed E-state index contributed by atoms with van der Waals surface area (Å²) in [6.07, 6.45) is 7.73. The lowest BCUT2D eigenvalue weighted by Gasteiger charge is -2.20. The fraction of sp³-hybridized carbons (Fsp3) is 0.667. The van der Waals surface area contributed by atoms with Crippen molar-refractivity contribution >= 4 is 0 Å². The normalized spacial score (nSPS) is 18.1. The van der Waals surface area contributed by atoms with Crippen LogP contribution in [0.3, 0.4) is 0 Å². The highest BCUT2D eigenvalue weighted by Gasteiger charge is 2.02. The highest BCUT2D eigenvalue weighted by atomic mass is 15.1. The summed E-state index contributed by atoms with van der Waals surface area (Å²) in [6, 6.07) is 1.83. The highest BCUT2D eigenvalue weighted by molar-refractivity contribution is 4.72. The molecule has 1 aromatic rings. The minimum absolute atomic E-state index is 1.32. The molecule has 0 saturated carbocycles. The van der Waals surface area contributed by atoms with E-state index in [1.165, 1.54) is 32.4 Å². The molecule has 68 valence electrons. The van der Waals surface area contributed by atoms with Crippen molar-refractivity contribution in [1.29, 1.82) is 0 Å². The molecule has 0 amide bonds. The molecule has 0 aliphatic carbocycles. The summed E-state index contributed by atoms with van der Waals surface area (Å²) in [4.78, 5) is 2.39. The Morgan fingerprint density at radius 2 is 2.00 bits per heavy atom. The van der Waals surface area contributed by atoms with Crippen molar-refractivity contribution < 1.29 is 0 Å². The lowest BCUT2D eigenvalue weighted by Crippen LogP contribution is -2.24. The predicted molar refractivity (Wildman–Crippen MR) is 49.9 cm³/mol. The molecule has 1 aliphatic rings. The van der Waals surface area contributed by atoms with Crippen LogP contribution in [-0.4, -0.2) is 35.2 Å². The van der Waals surface area contributed by atoms with Crippen molar-refractivity contribution in [2.24, 2.45) is 0 Å². The summed E-state index contributed by atoms with van der Waals surface area (Å²) >= 11 is 0. The molecule has 3 heteroatoms. The van der Waals surface area contributed by atoms with E-state index in [-0.39, 0.29) is 0 Å². The Labute approximate surface area is 73.8 Å². The van der Waals surface area contributed by atoms with Gasteiger partial charge in [-0.1, -0.05) is 6.42 Å². The van der Waals surface area contributed by atoms with Gasteiger partial charge in [0.25, 0.3) is 0 Å². The molecular weight excluding hydrogens is 150 g/mol. The number of hydrogen-bond donors (Lipinski definition) is 1. The van der Waals surface area contributed by atoms with Crippen LogP contribution in [-0.2, 0) is 0 Å². The van der Waals surface area contributed by atoms with Crippen LogP contribution in [0.4, 0.5) is 0 Å². The average molecular weight is 167 g/mol. The molecule has 1 fully saturated rings. The maximum Gasteiger partial charge on any atom is 0.0487 e. The van der Waals surface area contributed by atoms with Gasteiger partial charge >= 0.3 is 0 Å². The van der Waals surface area contributed by atoms with E-state index in [1.807, 2.05) is 6.07 Å². The third-order valence-electron chi connectivity index (χ3n) is 1.99. The number of H-pyrrole nitrogens is 1. The molecule has 0 atom stereocenters. The van der Waals surface area contributed by atoms with Crippen LogP contribution in [0.1, 0.15) is 19.3 Å². The van der Waals surface area contributed by atoms with Crippen LogP contribution in [0.5, 0.6) is 0 Å². The third-order valence-corrected chi connectivity index (χ3v) is 1.99. The molecule has 3 nitrogen and oxygen atoms in total. The Hall–Kier alpha value is -0.830. The molecule has 2 heterocycles. The van der Waals surface area contributed by atoms with Crippen molar-refractivity contribution in [2.75, 3.05) is 20.1 Å². The monoisotopic (exact) mass is 167 g/mol. The van der Waals surface area contributed by atoms with Gasteiger partial charge in [0, 0.05) is 12.4 Å². The Bertz CT molecular complexity index is 149. The van der Waals surface area contributed by atoms with E-state index < -0.39 is 0 Å². The lowest BCUT2D eigenvalue weighted by molar-refractivity contribution is 0.277. The van der Waals surface area contributed by atoms with E-state index >= 15 is 0 Å². The van der Waals surface area contributed by atoms with Crippen LogP contribution in [0.15, 0.2) is 18.5 Å². The maximum absolute atomic E-state index is 3.60. The lowest BCUT2D eigenvalue weighted by atomic mass is 10.1. The third kappa shape index (κ3) is 4.13. The first-order chi connectivity index (χ1) is 5.89. The molecule has 0 radical (unpaired) electrons. The number of likely N-dealkylation sites (tertiary alicyclic amines) is 1. The van der Waals surface area contributed by atoms with Crippen LogP contribution >= 0.6 is 0 Å². The summed E-state index contributed by atoms with van der Waals surface area (Å²) in [7, 11) is 2.19. The van der Waals surface area contributed by atoms with Gasteiger partial charge in [0.05, 0.1) is 0 Å². The van der Waals surface area contributed by atoms with Gasteiger partial charge in [-0.25, -0.2) is 0 Å². The van der Waals surface area contributed by atoms with Crippen molar-refractivity contribution in [2.45, 2.75) is 19.3 Å². The zero-order chi connectivity index (χ0) is 8.65. The van der Waals surface area contributed by atoms with Gasteiger partial charge in [-0.3, -0.25) is 5.10 Å². The summed E-state index contributed by atoms with van der Waals surface area (Å²) in [5.74, 6) is 0. The number of nitrogens with zero attached hydrogens (tertiary/aromatic N) is 2. The highest BCUT2D eigenvalue weighted by Crippen LogP contribution is 2.04. The number of rotatable bonds is 0. The quantitative estimate of drug-likeness (QED) is 0.635. The molecule has 1 aromatic heterocycles. The van der Waals surface area contributed by atoms with E-state index in [2.05, 4.69) is 22.1 Å². The van der Waals surface area contributed by atoms with E-state index in [0.29, 0.717) is 0 Å². The number of nitrogens with one attached hydrogen (secondary N) is 1. The Morgan fingerprint density at radius 3 is 2.25 bits per heavy atom. The standard InChI is InChI=1S/C6H13N.C3H4N2/c1-7-5-3-2-4-6-7;1-2-4-5-3-1/h2-6H2,1H3;1-3H,(H,4,5). The van der Waals surface area contributed by atoms with Crippen molar-refractivity contribution in [3.8, 4) is 0 Å². The molecule has 1 N–H and O–H groups in total. The molecule has 1 saturated heterocycles. The van der Waals surface area contributed by atoms with Crippen molar-refractivity contribution in [1.82, 2.24) is 15.1 Å². The number of hydrogen-bond acceptors (Lipinski definition) is 2. The molecule has 0 unspecified atom stereocenters. The first-order valence-electron chi connectivity index (χ1n) is 4.52. The van der Waals surface area contributed by atoms with Crippen molar-refractivity contribution in [3.63, 3.8) is 0 Å². The average Bonchev–Trinajstić information content (AvgIpc) is 2.62. The second-order valence-electron chi connectivity index (χ2n) is 3.13. The first-order valence-corrected chi connectivity index (χ1v) is 4.52. The SMILES string of the molecule is CN1CCCCC1.c1cn[nH]c1. The summed E-state index contributed by atoms with van der Waals surface area (Å²) in [5, 5.41) is 6.21. The van der Waals surface area contributed by atoms with E-state index in [4.69, 9.17) is 0 Å². The number of aromatic nitrogens is 2. The molecule has 1 aliphatic heterocycles. The van der Waals surface area contributed by atoms with Crippen LogP contribution in [0, 0.1) is 0 Å². The topological polar surface area (TPSA) is 31.9 Å². The van der Waals surface area contributed by atoms with Gasteiger partial charge in [-0.2, -0.15) is 5.10 Å². The fourth-order valence-corrected chi connectivity index (χ4v) is 1.27. The van der Waals surface area contributed by atoms with Gasteiger partial charge in [-0.05, 0) is 39.0 Å². The van der Waals surface area contributed by atoms with Gasteiger partial charge < -0.3 is 4.90 Å². The smallest absolute Gasteiger partial charge is 0.0487 e. The Morgan fingerprint density at radius 1 is 1.25 bits per heavy atom. The minimum Gasteiger partial charge on any atom is -0.306 e. The zero-order valence-corrected chi connectivity index (χ0v) is 7.66. The second kappa shape index (κ2) is 5.77. The van der Waals surface area contributed by atoms with E-state index in [9.17, 15) is 0 Å². The minimum atomic E-state index is 1.32. The van der Waals surface area contributed by atoms with Gasteiger partial charge in [0.1, 0.15) is 0 Å². The van der Waals surface area contributed by atoms with Gasteiger partial charge in [-0.15, -0.1) is 0 Å². The van der Waals surface area contributed by atoms with Crippen LogP contribution in [0.25, 0.3) is 0 Å². The predicted octanol–water partition coefficient (Wildman–Crippen LogP) is 1.51. The second-order valence-corrected chi connectivity index (χ2v) is 3.13. The van der Waals surface area contributed by atoms with E-state index in [1.54, 1.807) is 12.4 Å². The molecule has 0 bridgehead atoms. The fourth-order valence-electron chi connectivity index (χ4n) is 1.27. The number of aromatic amines is 1. The van der Waals surface area contributed by atoms with E-state index in [0.717, 1.165) is 0 Å². The Balaban J connectivity index is 0.000000127. The summed E-state index contributed by atoms with van der Waals surface area (Å²) in [5.41, 5.74) is 0. The summed E-state index contributed by atoms with van der Waals surface area (Å²) in [6.45, 7) is 2.64. The van der Waals surface area contributed by atoms with Crippen LogP contribution in [0.2, 0.25) is 0 Å². The molecule has 12 heavy (non-hydrogen) atoms. The molecule has 2 rings (SSSR count). The Kier molecular flexibility index (Phi) is 4.46. The largest absolute Gasteiger partial charge is 0.306 e. The summed E-state index contributed by atoms with van der Waals surface area (Å²) < 4.78 is 0. The van der Waals surface area contributed by atoms with Crippen LogP contribution < -0.4 is 0 Å². The zero-order valence-electron chi connectivity index (χ0n) is 7.66. The maximum atomic E-state index is 3.60.